The fourth-order valence-electron chi connectivity index (χ4n) is 4.94. The van der Waals surface area contributed by atoms with Gasteiger partial charge in [0.05, 0.1) is 24.5 Å². The first kappa shape index (κ1) is 25.2. The third kappa shape index (κ3) is 4.47. The maximum atomic E-state index is 13.4. The molecule has 2 heterocycles. The minimum atomic E-state index is -1.70. The molecule has 11 heteroatoms. The first-order valence-electron chi connectivity index (χ1n) is 11.3. The minimum absolute atomic E-state index is 0.00115. The molecule has 1 aromatic carbocycles. The third-order valence-corrected chi connectivity index (χ3v) is 6.60. The van der Waals surface area contributed by atoms with Crippen LogP contribution in [0.3, 0.4) is 0 Å². The van der Waals surface area contributed by atoms with Crippen LogP contribution in [0.5, 0.6) is 0 Å². The first-order valence-corrected chi connectivity index (χ1v) is 11.3. The molecule has 2 fully saturated rings. The van der Waals surface area contributed by atoms with Crippen LogP contribution in [0.1, 0.15) is 54.6 Å². The number of urea groups is 1. The van der Waals surface area contributed by atoms with Gasteiger partial charge in [-0.3, -0.25) is 24.6 Å². The number of hydrogen-bond acceptors (Lipinski definition) is 7. The number of nitrogens with one attached hydrogen (secondary N) is 2. The number of hydrogen-bond donors (Lipinski definition) is 4. The van der Waals surface area contributed by atoms with Gasteiger partial charge in [0.25, 0.3) is 0 Å². The summed E-state index contributed by atoms with van der Waals surface area (Å²) in [5.74, 6) is -4.69. The maximum absolute atomic E-state index is 13.4. The van der Waals surface area contributed by atoms with Crippen molar-refractivity contribution in [2.24, 2.45) is 17.6 Å². The summed E-state index contributed by atoms with van der Waals surface area (Å²) >= 11 is 0. The van der Waals surface area contributed by atoms with Crippen LogP contribution >= 0.6 is 0 Å². The quantitative estimate of drug-likeness (QED) is 0.219. The van der Waals surface area contributed by atoms with Crippen molar-refractivity contribution < 1.29 is 33.8 Å². The molecule has 0 bridgehead atoms. The number of nitrogens with two attached hydrogens (primary N) is 1. The number of ether oxygens (including phenoxy) is 1. The van der Waals surface area contributed by atoms with E-state index in [0.717, 1.165) is 6.42 Å². The van der Waals surface area contributed by atoms with Crippen molar-refractivity contribution in [1.29, 1.82) is 0 Å². The number of unbranched alkanes of at least 4 members (excludes halogenated alkanes) is 1. The zero-order valence-electron chi connectivity index (χ0n) is 19.2. The number of carboxylic acids is 1. The Morgan fingerprint density at radius 1 is 1.18 bits per heavy atom. The van der Waals surface area contributed by atoms with Crippen LogP contribution in [-0.4, -0.2) is 65.5 Å². The molecule has 0 spiro atoms. The number of carbonyl (C=O) groups is 5. The summed E-state index contributed by atoms with van der Waals surface area (Å²) in [5.41, 5.74) is 4.28. The molecule has 4 atom stereocenters. The molecular weight excluding hydrogens is 444 g/mol. The van der Waals surface area contributed by atoms with Gasteiger partial charge in [-0.2, -0.15) is 0 Å². The summed E-state index contributed by atoms with van der Waals surface area (Å²) in [4.78, 5) is 63.3. The molecule has 1 aromatic rings. The Hall–Kier alpha value is -3.47. The number of amides is 4. The molecule has 0 aliphatic carbocycles. The molecule has 0 radical (unpaired) electrons. The number of benzene rings is 1. The van der Waals surface area contributed by atoms with E-state index in [9.17, 15) is 29.1 Å². The van der Waals surface area contributed by atoms with Gasteiger partial charge in [-0.25, -0.2) is 9.59 Å². The number of nitrogens with zero attached hydrogens (tertiary/aromatic N) is 1. The van der Waals surface area contributed by atoms with Gasteiger partial charge in [-0.15, -0.1) is 0 Å². The number of methoxy groups -OCH3 is 1. The number of likely N-dealkylation sites (tertiary alicyclic amines) is 1. The van der Waals surface area contributed by atoms with Crippen LogP contribution in [0.4, 0.5) is 4.79 Å². The largest absolute Gasteiger partial charge is 0.480 e. The molecule has 11 nitrogen and oxygen atoms in total. The lowest BCUT2D eigenvalue weighted by Crippen LogP contribution is -2.56. The Labute approximate surface area is 197 Å². The van der Waals surface area contributed by atoms with Crippen LogP contribution in [-0.2, 0) is 19.1 Å². The van der Waals surface area contributed by atoms with Crippen molar-refractivity contribution in [2.45, 2.75) is 44.2 Å². The highest BCUT2D eigenvalue weighted by molar-refractivity contribution is 6.09. The van der Waals surface area contributed by atoms with Gasteiger partial charge >= 0.3 is 18.0 Å². The second-order valence-electron chi connectivity index (χ2n) is 8.59. The lowest BCUT2D eigenvalue weighted by molar-refractivity contribution is -0.151. The molecule has 2 aliphatic rings. The van der Waals surface area contributed by atoms with E-state index in [2.05, 4.69) is 10.6 Å². The number of fused-ring (bicyclic) bond motifs is 1. The minimum Gasteiger partial charge on any atom is -0.480 e. The molecule has 184 valence electrons. The molecule has 3 rings (SSSR count). The fraction of sp³-hybridized carbons (Fsp3) is 0.522. The standard InChI is InChI=1S/C23H30N4O7/c1-3-4-12-27-18(28)15-16(19(27)29)23(21(31)32,10-5-11-25-22(24)33)26-17(15)13-6-8-14(9-7-13)20(30)34-2/h6-9,15-17,26H,3-5,10-12H2,1-2H3,(H,31,32)(H3,24,25,33). The van der Waals surface area contributed by atoms with E-state index in [1.54, 1.807) is 12.1 Å². The number of esters is 1. The fourth-order valence-corrected chi connectivity index (χ4v) is 4.94. The topological polar surface area (TPSA) is 168 Å². The number of primary amides is 1. The number of imide groups is 1. The lowest BCUT2D eigenvalue weighted by Gasteiger charge is -2.31. The summed E-state index contributed by atoms with van der Waals surface area (Å²) in [6.07, 6.45) is 1.62. The highest BCUT2D eigenvalue weighted by atomic mass is 16.5. The van der Waals surface area contributed by atoms with Gasteiger partial charge in [0, 0.05) is 19.1 Å². The van der Waals surface area contributed by atoms with Crippen LogP contribution in [0.2, 0.25) is 0 Å². The Bertz CT molecular complexity index is 980. The Balaban J connectivity index is 1.99. The van der Waals surface area contributed by atoms with E-state index < -0.39 is 53.2 Å². The van der Waals surface area contributed by atoms with Crippen LogP contribution in [0, 0.1) is 11.8 Å². The highest BCUT2D eigenvalue weighted by Crippen LogP contribution is 2.50. The number of aliphatic carboxylic acids is 1. The molecule has 4 amide bonds. The normalized spacial score (nSPS) is 25.8. The monoisotopic (exact) mass is 474 g/mol. The third-order valence-electron chi connectivity index (χ3n) is 6.60. The van der Waals surface area contributed by atoms with Gasteiger partial charge in [0.1, 0.15) is 5.54 Å². The first-order chi connectivity index (χ1) is 16.2. The van der Waals surface area contributed by atoms with E-state index in [1.165, 1.54) is 24.1 Å². The molecule has 2 aliphatic heterocycles. The average molecular weight is 475 g/mol. The molecule has 4 unspecified atom stereocenters. The summed E-state index contributed by atoms with van der Waals surface area (Å²) in [6.45, 7) is 2.30. The zero-order chi connectivity index (χ0) is 25.0. The van der Waals surface area contributed by atoms with Gasteiger partial charge in [0.2, 0.25) is 11.8 Å². The van der Waals surface area contributed by atoms with E-state index in [1.807, 2.05) is 6.92 Å². The molecular formula is C23H30N4O7. The van der Waals surface area contributed by atoms with Crippen LogP contribution < -0.4 is 16.4 Å². The summed E-state index contributed by atoms with van der Waals surface area (Å²) in [7, 11) is 1.27. The van der Waals surface area contributed by atoms with Crippen molar-refractivity contribution in [3.8, 4) is 0 Å². The number of carboxylic acid groups (broad SMARTS) is 1. The molecule has 34 heavy (non-hydrogen) atoms. The second kappa shape index (κ2) is 10.2. The van der Waals surface area contributed by atoms with E-state index in [0.29, 0.717) is 17.5 Å². The Morgan fingerprint density at radius 2 is 1.85 bits per heavy atom. The lowest BCUT2D eigenvalue weighted by atomic mass is 9.77. The van der Waals surface area contributed by atoms with Crippen molar-refractivity contribution in [3.05, 3.63) is 35.4 Å². The maximum Gasteiger partial charge on any atom is 0.337 e. The van der Waals surface area contributed by atoms with Crippen molar-refractivity contribution in [2.75, 3.05) is 20.2 Å². The van der Waals surface area contributed by atoms with Crippen molar-refractivity contribution in [1.82, 2.24) is 15.5 Å². The van der Waals surface area contributed by atoms with Gasteiger partial charge in [0.15, 0.2) is 0 Å². The molecule has 5 N–H and O–H groups in total. The predicted octanol–water partition coefficient (Wildman–Crippen LogP) is 0.791. The van der Waals surface area contributed by atoms with Gasteiger partial charge in [-0.1, -0.05) is 25.5 Å². The number of carbonyl (C=O) groups excluding carboxylic acids is 4. The van der Waals surface area contributed by atoms with Gasteiger partial charge in [-0.05, 0) is 37.0 Å². The summed E-state index contributed by atoms with van der Waals surface area (Å²) in [6, 6.07) is 4.83. The van der Waals surface area contributed by atoms with Crippen LogP contribution in [0.15, 0.2) is 24.3 Å². The molecule has 0 aromatic heterocycles. The van der Waals surface area contributed by atoms with Gasteiger partial charge < -0.3 is 20.9 Å². The highest BCUT2D eigenvalue weighted by Gasteiger charge is 2.67. The summed E-state index contributed by atoms with van der Waals surface area (Å²) < 4.78 is 4.71. The summed E-state index contributed by atoms with van der Waals surface area (Å²) in [5, 5.41) is 15.8. The second-order valence-corrected chi connectivity index (χ2v) is 8.59. The number of rotatable bonds is 10. The average Bonchev–Trinajstić information content (AvgIpc) is 3.29. The Kier molecular flexibility index (Phi) is 7.55. The van der Waals surface area contributed by atoms with E-state index in [-0.39, 0.29) is 25.9 Å². The zero-order valence-corrected chi connectivity index (χ0v) is 19.2. The molecule has 2 saturated heterocycles. The van der Waals surface area contributed by atoms with Crippen LogP contribution in [0.25, 0.3) is 0 Å². The smallest absolute Gasteiger partial charge is 0.337 e. The van der Waals surface area contributed by atoms with Crippen molar-refractivity contribution in [3.63, 3.8) is 0 Å². The Morgan fingerprint density at radius 3 is 2.41 bits per heavy atom. The predicted molar refractivity (Wildman–Crippen MR) is 119 cm³/mol. The van der Waals surface area contributed by atoms with E-state index in [4.69, 9.17) is 10.5 Å². The van der Waals surface area contributed by atoms with E-state index >= 15 is 0 Å². The van der Waals surface area contributed by atoms with Crippen molar-refractivity contribution >= 4 is 29.8 Å². The SMILES string of the molecule is CCCCN1C(=O)C2C(c3ccc(C(=O)OC)cc3)NC(CCCNC(N)=O)(C(=O)O)C2C1=O. The molecule has 0 saturated carbocycles.